The molecule has 0 saturated heterocycles. The van der Waals surface area contributed by atoms with E-state index in [1.165, 1.54) is 23.1 Å². The third kappa shape index (κ3) is 5.21. The largest absolute Gasteiger partial charge is 0.337 e. The summed E-state index contributed by atoms with van der Waals surface area (Å²) in [6.45, 7) is 8.15. The van der Waals surface area contributed by atoms with Gasteiger partial charge >= 0.3 is 0 Å². The van der Waals surface area contributed by atoms with Crippen LogP contribution in [0.1, 0.15) is 27.7 Å². The summed E-state index contributed by atoms with van der Waals surface area (Å²) in [5.74, 6) is 0.517. The van der Waals surface area contributed by atoms with Crippen LogP contribution >= 0.6 is 23.1 Å². The standard InChI is InChI=1S/C16H22N4OS2/c1-11(2)20(12(3)4)14(21)10-22-16-19-18-15(23-16)17-13-8-6-5-7-9-13/h5-9,11-12H,10H2,1-4H3,(H,17,18). The molecular weight excluding hydrogens is 328 g/mol. The third-order valence-corrected chi connectivity index (χ3v) is 5.11. The molecule has 5 nitrogen and oxygen atoms in total. The molecule has 0 atom stereocenters. The van der Waals surface area contributed by atoms with E-state index in [0.29, 0.717) is 5.75 Å². The number of nitrogens with zero attached hydrogens (tertiary/aromatic N) is 3. The minimum absolute atomic E-state index is 0.132. The van der Waals surface area contributed by atoms with E-state index in [4.69, 9.17) is 0 Å². The van der Waals surface area contributed by atoms with E-state index in [-0.39, 0.29) is 18.0 Å². The Labute approximate surface area is 145 Å². The number of hydrogen-bond donors (Lipinski definition) is 1. The zero-order chi connectivity index (χ0) is 16.8. The molecule has 0 fully saturated rings. The van der Waals surface area contributed by atoms with Crippen LogP contribution in [-0.2, 0) is 4.79 Å². The summed E-state index contributed by atoms with van der Waals surface area (Å²) in [5, 5.41) is 12.2. The van der Waals surface area contributed by atoms with Crippen molar-refractivity contribution in [2.24, 2.45) is 0 Å². The number of anilines is 2. The Bertz CT molecular complexity index is 620. The molecule has 1 aromatic carbocycles. The van der Waals surface area contributed by atoms with Crippen LogP contribution in [0.2, 0.25) is 0 Å². The molecule has 0 unspecified atom stereocenters. The van der Waals surface area contributed by atoms with E-state index < -0.39 is 0 Å². The highest BCUT2D eigenvalue weighted by Gasteiger charge is 2.20. The fraction of sp³-hybridized carbons (Fsp3) is 0.438. The topological polar surface area (TPSA) is 58.1 Å². The van der Waals surface area contributed by atoms with Gasteiger partial charge < -0.3 is 10.2 Å². The van der Waals surface area contributed by atoms with Gasteiger partial charge in [0.1, 0.15) is 0 Å². The number of thioether (sulfide) groups is 1. The van der Waals surface area contributed by atoms with Gasteiger partial charge in [-0.2, -0.15) is 0 Å². The maximum absolute atomic E-state index is 12.3. The highest BCUT2D eigenvalue weighted by molar-refractivity contribution is 8.01. The lowest BCUT2D eigenvalue weighted by atomic mass is 10.2. The zero-order valence-corrected chi connectivity index (χ0v) is 15.4. The molecule has 0 aliphatic heterocycles. The van der Waals surface area contributed by atoms with Crippen LogP contribution in [-0.4, -0.2) is 38.8 Å². The molecule has 0 aliphatic carbocycles. The minimum atomic E-state index is 0.132. The molecule has 1 N–H and O–H groups in total. The smallest absolute Gasteiger partial charge is 0.233 e. The summed E-state index contributed by atoms with van der Waals surface area (Å²) in [6, 6.07) is 10.2. The first-order valence-corrected chi connectivity index (χ1v) is 9.37. The first-order chi connectivity index (χ1) is 11.0. The Kier molecular flexibility index (Phi) is 6.41. The summed E-state index contributed by atoms with van der Waals surface area (Å²) in [6.07, 6.45) is 0. The third-order valence-electron chi connectivity index (χ3n) is 3.15. The van der Waals surface area contributed by atoms with Crippen molar-refractivity contribution in [2.45, 2.75) is 44.1 Å². The van der Waals surface area contributed by atoms with Crippen molar-refractivity contribution < 1.29 is 4.79 Å². The molecule has 1 amide bonds. The Morgan fingerprint density at radius 3 is 2.43 bits per heavy atom. The monoisotopic (exact) mass is 350 g/mol. The lowest BCUT2D eigenvalue weighted by Gasteiger charge is -2.30. The van der Waals surface area contributed by atoms with Gasteiger partial charge in [-0.15, -0.1) is 10.2 Å². The van der Waals surface area contributed by atoms with Gasteiger partial charge in [-0.25, -0.2) is 0 Å². The van der Waals surface area contributed by atoms with Gasteiger partial charge in [-0.05, 0) is 39.8 Å². The number of hydrogen-bond acceptors (Lipinski definition) is 6. The molecule has 2 aromatic rings. The number of carbonyl (C=O) groups is 1. The number of amides is 1. The van der Waals surface area contributed by atoms with Crippen molar-refractivity contribution in [2.75, 3.05) is 11.1 Å². The van der Waals surface area contributed by atoms with Crippen molar-refractivity contribution in [3.05, 3.63) is 30.3 Å². The first-order valence-electron chi connectivity index (χ1n) is 7.57. The molecule has 0 radical (unpaired) electrons. The van der Waals surface area contributed by atoms with Gasteiger partial charge in [-0.3, -0.25) is 4.79 Å². The lowest BCUT2D eigenvalue weighted by molar-refractivity contribution is -0.131. The van der Waals surface area contributed by atoms with Crippen LogP contribution in [0.3, 0.4) is 0 Å². The normalized spacial score (nSPS) is 11.0. The molecule has 0 saturated carbocycles. The maximum Gasteiger partial charge on any atom is 0.233 e. The molecule has 2 rings (SSSR count). The Balaban J connectivity index is 1.90. The summed E-state index contributed by atoms with van der Waals surface area (Å²) < 4.78 is 0.796. The summed E-state index contributed by atoms with van der Waals surface area (Å²) in [7, 11) is 0. The second-order valence-electron chi connectivity index (χ2n) is 5.64. The van der Waals surface area contributed by atoms with Crippen LogP contribution in [0.5, 0.6) is 0 Å². The van der Waals surface area contributed by atoms with Crippen molar-refractivity contribution in [3.8, 4) is 0 Å². The maximum atomic E-state index is 12.3. The van der Waals surface area contributed by atoms with E-state index in [0.717, 1.165) is 15.2 Å². The molecule has 0 spiro atoms. The number of para-hydroxylation sites is 1. The Morgan fingerprint density at radius 1 is 1.17 bits per heavy atom. The van der Waals surface area contributed by atoms with Crippen molar-refractivity contribution >= 4 is 39.8 Å². The van der Waals surface area contributed by atoms with Gasteiger partial charge in [0, 0.05) is 17.8 Å². The van der Waals surface area contributed by atoms with Crippen LogP contribution in [0.15, 0.2) is 34.7 Å². The van der Waals surface area contributed by atoms with Gasteiger partial charge in [-0.1, -0.05) is 41.3 Å². The van der Waals surface area contributed by atoms with Crippen LogP contribution < -0.4 is 5.32 Å². The highest BCUT2D eigenvalue weighted by Crippen LogP contribution is 2.28. The summed E-state index contributed by atoms with van der Waals surface area (Å²) in [4.78, 5) is 14.2. The SMILES string of the molecule is CC(C)N(C(=O)CSc1nnc(Nc2ccccc2)s1)C(C)C. The molecular formula is C16H22N4OS2. The quantitative estimate of drug-likeness (QED) is 0.764. The second-order valence-corrected chi connectivity index (χ2v) is 7.84. The first kappa shape index (κ1) is 17.7. The lowest BCUT2D eigenvalue weighted by Crippen LogP contribution is -2.43. The highest BCUT2D eigenvalue weighted by atomic mass is 32.2. The number of benzene rings is 1. The average molecular weight is 351 g/mol. The summed E-state index contributed by atoms with van der Waals surface area (Å²) >= 11 is 2.89. The Hall–Kier alpha value is -1.60. The number of aromatic nitrogens is 2. The van der Waals surface area contributed by atoms with Crippen molar-refractivity contribution in [1.82, 2.24) is 15.1 Å². The number of carbonyl (C=O) groups excluding carboxylic acids is 1. The average Bonchev–Trinajstić information content (AvgIpc) is 2.93. The molecule has 0 aliphatic rings. The predicted octanol–water partition coefficient (Wildman–Crippen LogP) is 4.02. The van der Waals surface area contributed by atoms with Gasteiger partial charge in [0.25, 0.3) is 0 Å². The second kappa shape index (κ2) is 8.31. The fourth-order valence-corrected chi connectivity index (χ4v) is 3.98. The molecule has 124 valence electrons. The van der Waals surface area contributed by atoms with Crippen molar-refractivity contribution in [1.29, 1.82) is 0 Å². The van der Waals surface area contributed by atoms with E-state index >= 15 is 0 Å². The molecule has 0 bridgehead atoms. The van der Waals surface area contributed by atoms with E-state index in [1.54, 1.807) is 0 Å². The number of rotatable bonds is 7. The van der Waals surface area contributed by atoms with E-state index in [1.807, 2.05) is 62.9 Å². The van der Waals surface area contributed by atoms with Crippen molar-refractivity contribution in [3.63, 3.8) is 0 Å². The molecule has 23 heavy (non-hydrogen) atoms. The summed E-state index contributed by atoms with van der Waals surface area (Å²) in [5.41, 5.74) is 0.974. The van der Waals surface area contributed by atoms with Crippen LogP contribution in [0, 0.1) is 0 Å². The fourth-order valence-electron chi connectivity index (χ4n) is 2.33. The van der Waals surface area contributed by atoms with Gasteiger partial charge in [0.15, 0.2) is 4.34 Å². The van der Waals surface area contributed by atoms with E-state index in [9.17, 15) is 4.79 Å². The molecule has 1 heterocycles. The Morgan fingerprint density at radius 2 is 1.83 bits per heavy atom. The predicted molar refractivity (Wildman–Crippen MR) is 97.5 cm³/mol. The molecule has 7 heteroatoms. The minimum Gasteiger partial charge on any atom is -0.337 e. The molecule has 1 aromatic heterocycles. The number of nitrogens with one attached hydrogen (secondary N) is 1. The van der Waals surface area contributed by atoms with Gasteiger partial charge in [0.2, 0.25) is 11.0 Å². The van der Waals surface area contributed by atoms with Crippen LogP contribution in [0.4, 0.5) is 10.8 Å². The van der Waals surface area contributed by atoms with Gasteiger partial charge in [0.05, 0.1) is 5.75 Å². The van der Waals surface area contributed by atoms with Crippen LogP contribution in [0.25, 0.3) is 0 Å². The van der Waals surface area contributed by atoms with E-state index in [2.05, 4.69) is 15.5 Å². The zero-order valence-electron chi connectivity index (χ0n) is 13.8.